The topological polar surface area (TPSA) is 54.5 Å². The van der Waals surface area contributed by atoms with E-state index in [9.17, 15) is 18.0 Å². The third-order valence-corrected chi connectivity index (χ3v) is 5.69. The first kappa shape index (κ1) is 19.9. The molecule has 0 radical (unpaired) electrons. The van der Waals surface area contributed by atoms with E-state index in [0.29, 0.717) is 38.8 Å². The van der Waals surface area contributed by atoms with E-state index in [0.717, 1.165) is 16.7 Å². The van der Waals surface area contributed by atoms with Crippen LogP contribution in [0.5, 0.6) is 5.75 Å². The smallest absolute Gasteiger partial charge is 0.401 e. The Bertz CT molecular complexity index is 854. The molecule has 0 bridgehead atoms. The normalized spacial score (nSPS) is 23.6. The highest BCUT2D eigenvalue weighted by Gasteiger charge is 2.38. The highest BCUT2D eigenvalue weighted by molar-refractivity contribution is 5.84. The number of hydrogen-bond acceptors (Lipinski definition) is 4. The molecule has 1 amide bonds. The number of carbonyl (C=O) groups excluding carboxylic acids is 1. The van der Waals surface area contributed by atoms with Crippen LogP contribution in [0.3, 0.4) is 0 Å². The van der Waals surface area contributed by atoms with Crippen LogP contribution in [-0.4, -0.2) is 53.7 Å². The second kappa shape index (κ2) is 8.18. The van der Waals surface area contributed by atoms with Crippen LogP contribution >= 0.6 is 0 Å². The maximum atomic E-state index is 12.5. The van der Waals surface area contributed by atoms with Crippen LogP contribution in [-0.2, 0) is 4.79 Å². The van der Waals surface area contributed by atoms with Gasteiger partial charge < -0.3 is 10.1 Å². The minimum absolute atomic E-state index is 0.0184. The molecule has 1 aromatic heterocycles. The number of amides is 1. The number of halogens is 3. The van der Waals surface area contributed by atoms with Gasteiger partial charge in [-0.2, -0.15) is 13.2 Å². The third kappa shape index (κ3) is 4.98. The highest BCUT2D eigenvalue weighted by atomic mass is 19.4. The molecule has 2 fully saturated rings. The van der Waals surface area contributed by atoms with Gasteiger partial charge in [-0.1, -0.05) is 18.2 Å². The summed E-state index contributed by atoms with van der Waals surface area (Å²) < 4.78 is 43.4. The van der Waals surface area contributed by atoms with Crippen LogP contribution in [0.15, 0.2) is 36.5 Å². The van der Waals surface area contributed by atoms with Crippen molar-refractivity contribution in [1.29, 1.82) is 0 Å². The van der Waals surface area contributed by atoms with E-state index in [1.54, 1.807) is 6.20 Å². The highest BCUT2D eigenvalue weighted by Crippen LogP contribution is 2.34. The summed E-state index contributed by atoms with van der Waals surface area (Å²) in [7, 11) is 0. The molecule has 1 aromatic carbocycles. The van der Waals surface area contributed by atoms with Crippen LogP contribution in [0.1, 0.15) is 25.7 Å². The van der Waals surface area contributed by atoms with Gasteiger partial charge in [0.05, 0.1) is 6.54 Å². The van der Waals surface area contributed by atoms with Crippen molar-refractivity contribution in [3.05, 3.63) is 36.5 Å². The zero-order chi connectivity index (χ0) is 20.4. The van der Waals surface area contributed by atoms with Gasteiger partial charge in [0.25, 0.3) is 0 Å². The lowest BCUT2D eigenvalue weighted by molar-refractivity contribution is -0.148. The monoisotopic (exact) mass is 407 g/mol. The predicted molar refractivity (Wildman–Crippen MR) is 103 cm³/mol. The van der Waals surface area contributed by atoms with Crippen LogP contribution in [0, 0.1) is 5.92 Å². The van der Waals surface area contributed by atoms with Gasteiger partial charge in [0, 0.05) is 36.6 Å². The van der Waals surface area contributed by atoms with E-state index < -0.39 is 12.7 Å². The number of para-hydroxylation sites is 1. The maximum absolute atomic E-state index is 12.5. The number of rotatable bonds is 5. The van der Waals surface area contributed by atoms with Crippen molar-refractivity contribution in [3.8, 4) is 5.75 Å². The summed E-state index contributed by atoms with van der Waals surface area (Å²) in [6, 6.07) is 9.60. The molecule has 2 aliphatic rings. The van der Waals surface area contributed by atoms with E-state index in [-0.39, 0.29) is 24.0 Å². The Morgan fingerprint density at radius 3 is 2.62 bits per heavy atom. The molecule has 29 heavy (non-hydrogen) atoms. The van der Waals surface area contributed by atoms with Gasteiger partial charge in [-0.25, -0.2) is 0 Å². The van der Waals surface area contributed by atoms with E-state index in [4.69, 9.17) is 4.74 Å². The van der Waals surface area contributed by atoms with Crippen molar-refractivity contribution in [3.63, 3.8) is 0 Å². The molecule has 0 spiro atoms. The number of carbonyl (C=O) groups is 1. The number of likely N-dealkylation sites (tertiary alicyclic amines) is 1. The molecule has 8 heteroatoms. The Labute approximate surface area is 167 Å². The predicted octanol–water partition coefficient (Wildman–Crippen LogP) is 3.54. The first-order valence-corrected chi connectivity index (χ1v) is 9.97. The molecule has 2 heterocycles. The molecule has 1 aliphatic heterocycles. The SMILES string of the molecule is O=C(NC1CCN(CC(F)(F)F)CC1)[C@H]1C[C@H](Oc2cccc3cccnc23)C1. The number of ether oxygens (including phenoxy) is 1. The zero-order valence-electron chi connectivity index (χ0n) is 16.0. The fourth-order valence-electron chi connectivity index (χ4n) is 4.03. The van der Waals surface area contributed by atoms with E-state index in [1.165, 1.54) is 4.90 Å². The molecule has 1 saturated heterocycles. The molecule has 1 saturated carbocycles. The van der Waals surface area contributed by atoms with Crippen molar-refractivity contribution < 1.29 is 22.7 Å². The second-order valence-electron chi connectivity index (χ2n) is 7.91. The first-order valence-electron chi connectivity index (χ1n) is 9.97. The first-order chi connectivity index (χ1) is 13.9. The fraction of sp³-hybridized carbons (Fsp3) is 0.524. The van der Waals surface area contributed by atoms with Crippen molar-refractivity contribution >= 4 is 16.8 Å². The molecule has 1 aliphatic carbocycles. The van der Waals surface area contributed by atoms with Gasteiger partial charge in [-0.15, -0.1) is 0 Å². The molecule has 0 atom stereocenters. The number of hydrogen-bond donors (Lipinski definition) is 1. The number of nitrogens with one attached hydrogen (secondary N) is 1. The summed E-state index contributed by atoms with van der Waals surface area (Å²) >= 11 is 0. The Balaban J connectivity index is 1.22. The second-order valence-corrected chi connectivity index (χ2v) is 7.91. The van der Waals surface area contributed by atoms with Gasteiger partial charge in [-0.3, -0.25) is 14.7 Å². The molecule has 5 nitrogen and oxygen atoms in total. The van der Waals surface area contributed by atoms with Gasteiger partial charge in [0.1, 0.15) is 17.4 Å². The van der Waals surface area contributed by atoms with E-state index >= 15 is 0 Å². The summed E-state index contributed by atoms with van der Waals surface area (Å²) in [6.45, 7) is -0.164. The number of pyridine rings is 1. The number of piperidine rings is 1. The van der Waals surface area contributed by atoms with Crippen LogP contribution in [0.2, 0.25) is 0 Å². The molecule has 2 aromatic rings. The van der Waals surface area contributed by atoms with Gasteiger partial charge in [0.15, 0.2) is 0 Å². The molecular weight excluding hydrogens is 383 g/mol. The molecule has 156 valence electrons. The van der Waals surface area contributed by atoms with Gasteiger partial charge in [-0.05, 0) is 37.8 Å². The minimum atomic E-state index is -4.17. The number of alkyl halides is 3. The summed E-state index contributed by atoms with van der Waals surface area (Å²) in [5, 5.41) is 4.01. The number of aromatic nitrogens is 1. The van der Waals surface area contributed by atoms with Gasteiger partial charge >= 0.3 is 6.18 Å². The lowest BCUT2D eigenvalue weighted by Crippen LogP contribution is -2.50. The Morgan fingerprint density at radius 2 is 1.90 bits per heavy atom. The average molecular weight is 407 g/mol. The minimum Gasteiger partial charge on any atom is -0.488 e. The van der Waals surface area contributed by atoms with E-state index in [2.05, 4.69) is 10.3 Å². The van der Waals surface area contributed by atoms with Crippen LogP contribution in [0.25, 0.3) is 10.9 Å². The van der Waals surface area contributed by atoms with Crippen molar-refractivity contribution in [2.24, 2.45) is 5.92 Å². The third-order valence-electron chi connectivity index (χ3n) is 5.69. The van der Waals surface area contributed by atoms with Crippen molar-refractivity contribution in [2.45, 2.75) is 44.0 Å². The molecule has 0 unspecified atom stereocenters. The Kier molecular flexibility index (Phi) is 5.63. The largest absolute Gasteiger partial charge is 0.488 e. The number of nitrogens with zero attached hydrogens (tertiary/aromatic N) is 2. The summed E-state index contributed by atoms with van der Waals surface area (Å²) in [6.07, 6.45) is -0.0778. The Hall–Kier alpha value is -2.35. The van der Waals surface area contributed by atoms with E-state index in [1.807, 2.05) is 30.3 Å². The summed E-state index contributed by atoms with van der Waals surface area (Å²) in [5.74, 6) is 0.607. The lowest BCUT2D eigenvalue weighted by atomic mass is 9.81. The molecule has 4 rings (SSSR count). The van der Waals surface area contributed by atoms with Crippen LogP contribution < -0.4 is 10.1 Å². The number of benzene rings is 1. The lowest BCUT2D eigenvalue weighted by Gasteiger charge is -2.37. The Morgan fingerprint density at radius 1 is 1.17 bits per heavy atom. The zero-order valence-corrected chi connectivity index (χ0v) is 16.0. The fourth-order valence-corrected chi connectivity index (χ4v) is 4.03. The quantitative estimate of drug-likeness (QED) is 0.824. The maximum Gasteiger partial charge on any atom is 0.401 e. The summed E-state index contributed by atoms with van der Waals surface area (Å²) in [5.41, 5.74) is 0.813. The van der Waals surface area contributed by atoms with Crippen molar-refractivity contribution in [1.82, 2.24) is 15.2 Å². The average Bonchev–Trinajstić information content (AvgIpc) is 2.64. The van der Waals surface area contributed by atoms with Crippen molar-refractivity contribution in [2.75, 3.05) is 19.6 Å². The van der Waals surface area contributed by atoms with Gasteiger partial charge in [0.2, 0.25) is 5.91 Å². The van der Waals surface area contributed by atoms with Crippen LogP contribution in [0.4, 0.5) is 13.2 Å². The number of fused-ring (bicyclic) bond motifs is 1. The molecule has 1 N–H and O–H groups in total. The molecular formula is C21H24F3N3O2. The summed E-state index contributed by atoms with van der Waals surface area (Å²) in [4.78, 5) is 18.2. The standard InChI is InChI=1S/C21H24F3N3O2/c22-21(23,24)13-27-9-6-16(7-10-27)26-20(28)15-11-17(12-15)29-18-5-1-3-14-4-2-8-25-19(14)18/h1-5,8,15-17H,6-7,9-13H2,(H,26,28)/t15-,17-.